The fourth-order valence-electron chi connectivity index (χ4n) is 1.93. The van der Waals surface area contributed by atoms with Crippen LogP contribution in [0.4, 0.5) is 13.2 Å². The van der Waals surface area contributed by atoms with E-state index in [2.05, 4.69) is 5.32 Å². The molecule has 1 fully saturated rings. The van der Waals surface area contributed by atoms with Crippen LogP contribution in [0.5, 0.6) is 0 Å². The average Bonchev–Trinajstić information content (AvgIpc) is 2.37. The monoisotopic (exact) mass is 289 g/mol. The molecule has 1 aliphatic rings. The normalized spacial score (nSPS) is 20.1. The SMILES string of the molecule is CC1(C)OCC(NCc2cccc(C(F)(F)F)c2)CO1. The van der Waals surface area contributed by atoms with Gasteiger partial charge in [-0.2, -0.15) is 13.2 Å². The van der Waals surface area contributed by atoms with E-state index >= 15 is 0 Å². The Bertz CT molecular complexity index is 450. The van der Waals surface area contributed by atoms with E-state index in [4.69, 9.17) is 9.47 Å². The van der Waals surface area contributed by atoms with Crippen LogP contribution in [-0.4, -0.2) is 25.0 Å². The molecule has 0 bridgehead atoms. The first-order valence-electron chi connectivity index (χ1n) is 6.44. The molecule has 0 aromatic heterocycles. The molecular weight excluding hydrogens is 271 g/mol. The van der Waals surface area contributed by atoms with Gasteiger partial charge in [0.15, 0.2) is 5.79 Å². The van der Waals surface area contributed by atoms with Crippen LogP contribution in [0.25, 0.3) is 0 Å². The zero-order chi connectivity index (χ0) is 14.8. The summed E-state index contributed by atoms with van der Waals surface area (Å²) in [5, 5.41) is 3.14. The second-order valence-corrected chi connectivity index (χ2v) is 5.30. The Balaban J connectivity index is 1.89. The van der Waals surface area contributed by atoms with Crippen molar-refractivity contribution in [2.75, 3.05) is 13.2 Å². The molecule has 2 rings (SSSR count). The van der Waals surface area contributed by atoms with Gasteiger partial charge in [-0.1, -0.05) is 18.2 Å². The number of alkyl halides is 3. The van der Waals surface area contributed by atoms with Gasteiger partial charge in [0.25, 0.3) is 0 Å². The quantitative estimate of drug-likeness (QED) is 0.928. The summed E-state index contributed by atoms with van der Waals surface area (Å²) in [6.45, 7) is 4.96. The Morgan fingerprint density at radius 1 is 1.25 bits per heavy atom. The summed E-state index contributed by atoms with van der Waals surface area (Å²) in [5.74, 6) is -0.589. The van der Waals surface area contributed by atoms with Gasteiger partial charge in [0.2, 0.25) is 0 Å². The summed E-state index contributed by atoms with van der Waals surface area (Å²) < 4.78 is 48.7. The lowest BCUT2D eigenvalue weighted by Gasteiger charge is -2.35. The molecule has 0 amide bonds. The van der Waals surface area contributed by atoms with Crippen molar-refractivity contribution in [2.45, 2.75) is 38.4 Å². The number of benzene rings is 1. The van der Waals surface area contributed by atoms with Gasteiger partial charge in [0.05, 0.1) is 24.8 Å². The Morgan fingerprint density at radius 2 is 1.90 bits per heavy atom. The summed E-state index contributed by atoms with van der Waals surface area (Å²) in [5.41, 5.74) is -0.0428. The smallest absolute Gasteiger partial charge is 0.349 e. The maximum Gasteiger partial charge on any atom is 0.416 e. The number of rotatable bonds is 3. The Labute approximate surface area is 116 Å². The van der Waals surface area contributed by atoms with Crippen molar-refractivity contribution in [3.8, 4) is 0 Å². The molecule has 1 heterocycles. The molecule has 112 valence electrons. The zero-order valence-corrected chi connectivity index (χ0v) is 11.5. The molecule has 0 spiro atoms. The van der Waals surface area contributed by atoms with Gasteiger partial charge in [-0.25, -0.2) is 0 Å². The molecule has 1 saturated heterocycles. The van der Waals surface area contributed by atoms with Crippen molar-refractivity contribution in [2.24, 2.45) is 0 Å². The highest BCUT2D eigenvalue weighted by molar-refractivity contribution is 5.25. The summed E-state index contributed by atoms with van der Waals surface area (Å²) in [4.78, 5) is 0. The van der Waals surface area contributed by atoms with E-state index in [1.807, 2.05) is 13.8 Å². The molecule has 0 saturated carbocycles. The minimum atomic E-state index is -4.31. The van der Waals surface area contributed by atoms with Crippen molar-refractivity contribution in [1.29, 1.82) is 0 Å². The Hall–Kier alpha value is -1.11. The van der Waals surface area contributed by atoms with Gasteiger partial charge >= 0.3 is 6.18 Å². The van der Waals surface area contributed by atoms with E-state index < -0.39 is 17.5 Å². The number of hydrogen-bond donors (Lipinski definition) is 1. The molecule has 1 aromatic rings. The fourth-order valence-corrected chi connectivity index (χ4v) is 1.93. The van der Waals surface area contributed by atoms with Crippen LogP contribution in [0.2, 0.25) is 0 Å². The topological polar surface area (TPSA) is 30.5 Å². The predicted octanol–water partition coefficient (Wildman–Crippen LogP) is 2.95. The lowest BCUT2D eigenvalue weighted by molar-refractivity contribution is -0.253. The van der Waals surface area contributed by atoms with E-state index in [9.17, 15) is 13.2 Å². The predicted molar refractivity (Wildman–Crippen MR) is 68.1 cm³/mol. The van der Waals surface area contributed by atoms with Gasteiger partial charge in [0, 0.05) is 6.54 Å². The highest BCUT2D eigenvalue weighted by Gasteiger charge is 2.31. The van der Waals surface area contributed by atoms with Gasteiger partial charge in [-0.15, -0.1) is 0 Å². The van der Waals surface area contributed by atoms with Crippen LogP contribution in [-0.2, 0) is 22.2 Å². The van der Waals surface area contributed by atoms with E-state index in [0.717, 1.165) is 12.1 Å². The molecule has 1 aliphatic heterocycles. The van der Waals surface area contributed by atoms with Crippen molar-refractivity contribution >= 4 is 0 Å². The first kappa shape index (κ1) is 15.3. The lowest BCUT2D eigenvalue weighted by Crippen LogP contribution is -2.48. The second-order valence-electron chi connectivity index (χ2n) is 5.30. The molecule has 0 aliphatic carbocycles. The van der Waals surface area contributed by atoms with Crippen molar-refractivity contribution < 1.29 is 22.6 Å². The highest BCUT2D eigenvalue weighted by atomic mass is 19.4. The van der Waals surface area contributed by atoms with Crippen LogP contribution in [0, 0.1) is 0 Å². The molecule has 0 unspecified atom stereocenters. The zero-order valence-electron chi connectivity index (χ0n) is 11.5. The Morgan fingerprint density at radius 3 is 2.50 bits per heavy atom. The average molecular weight is 289 g/mol. The minimum Gasteiger partial charge on any atom is -0.349 e. The molecule has 1 N–H and O–H groups in total. The van der Waals surface area contributed by atoms with E-state index in [-0.39, 0.29) is 6.04 Å². The minimum absolute atomic E-state index is 0.0161. The largest absolute Gasteiger partial charge is 0.416 e. The van der Waals surface area contributed by atoms with Crippen molar-refractivity contribution in [3.05, 3.63) is 35.4 Å². The van der Waals surface area contributed by atoms with Gasteiger partial charge in [-0.05, 0) is 25.5 Å². The molecule has 3 nitrogen and oxygen atoms in total. The van der Waals surface area contributed by atoms with E-state index in [1.165, 1.54) is 6.07 Å². The van der Waals surface area contributed by atoms with Crippen molar-refractivity contribution in [3.63, 3.8) is 0 Å². The molecular formula is C14H18F3NO2. The summed E-state index contributed by atoms with van der Waals surface area (Å²) in [7, 11) is 0. The van der Waals surface area contributed by atoms with Gasteiger partial charge < -0.3 is 14.8 Å². The molecule has 0 radical (unpaired) electrons. The maximum atomic E-state index is 12.6. The standard InChI is InChI=1S/C14H18F3NO2/c1-13(2)19-8-12(9-20-13)18-7-10-4-3-5-11(6-10)14(15,16)17/h3-6,12,18H,7-9H2,1-2H3. The second kappa shape index (κ2) is 5.71. The highest BCUT2D eigenvalue weighted by Crippen LogP contribution is 2.29. The fraction of sp³-hybridized carbons (Fsp3) is 0.571. The summed E-state index contributed by atoms with van der Waals surface area (Å²) in [6, 6.07) is 5.28. The van der Waals surface area contributed by atoms with E-state index in [0.29, 0.717) is 25.3 Å². The maximum absolute atomic E-state index is 12.6. The van der Waals surface area contributed by atoms with Gasteiger partial charge in [-0.3, -0.25) is 0 Å². The molecule has 0 atom stereocenters. The number of ether oxygens (including phenoxy) is 2. The van der Waals surface area contributed by atoms with Crippen LogP contribution in [0.1, 0.15) is 25.0 Å². The third-order valence-corrected chi connectivity index (χ3v) is 3.11. The van der Waals surface area contributed by atoms with Gasteiger partial charge in [0.1, 0.15) is 0 Å². The first-order valence-corrected chi connectivity index (χ1v) is 6.44. The summed E-state index contributed by atoms with van der Waals surface area (Å²) in [6.07, 6.45) is -4.31. The third kappa shape index (κ3) is 4.19. The number of hydrogen-bond acceptors (Lipinski definition) is 3. The van der Waals surface area contributed by atoms with Crippen molar-refractivity contribution in [1.82, 2.24) is 5.32 Å². The number of halogens is 3. The van der Waals surface area contributed by atoms with Crippen LogP contribution < -0.4 is 5.32 Å². The van der Waals surface area contributed by atoms with Crippen LogP contribution in [0.15, 0.2) is 24.3 Å². The van der Waals surface area contributed by atoms with Crippen LogP contribution >= 0.6 is 0 Å². The lowest BCUT2D eigenvalue weighted by atomic mass is 10.1. The summed E-state index contributed by atoms with van der Waals surface area (Å²) >= 11 is 0. The molecule has 6 heteroatoms. The molecule has 20 heavy (non-hydrogen) atoms. The van der Waals surface area contributed by atoms with Crippen LogP contribution in [0.3, 0.4) is 0 Å². The first-order chi connectivity index (χ1) is 9.26. The number of nitrogens with one attached hydrogen (secondary N) is 1. The molecule has 1 aromatic carbocycles. The Kier molecular flexibility index (Phi) is 4.36. The third-order valence-electron chi connectivity index (χ3n) is 3.11. The van der Waals surface area contributed by atoms with E-state index in [1.54, 1.807) is 6.07 Å².